The Morgan fingerprint density at radius 3 is 2.80 bits per heavy atom. The topological polar surface area (TPSA) is 55.4 Å². The number of hydrogen-bond acceptors (Lipinski definition) is 4. The van der Waals surface area contributed by atoms with Crippen molar-refractivity contribution in [2.24, 2.45) is 0 Å². The Morgan fingerprint density at radius 1 is 1.35 bits per heavy atom. The Balaban J connectivity index is 2.11. The molecule has 0 unspecified atom stereocenters. The van der Waals surface area contributed by atoms with Gasteiger partial charge in [-0.25, -0.2) is 0 Å². The molecule has 0 radical (unpaired) electrons. The van der Waals surface area contributed by atoms with Crippen molar-refractivity contribution in [2.45, 2.75) is 12.8 Å². The van der Waals surface area contributed by atoms with Crippen LogP contribution in [0.4, 0.5) is 0 Å². The van der Waals surface area contributed by atoms with Crippen LogP contribution in [0.15, 0.2) is 24.3 Å². The molecule has 1 N–H and O–H groups in total. The molecule has 0 fully saturated rings. The fourth-order valence-corrected chi connectivity index (χ4v) is 2.48. The molecule has 0 saturated heterocycles. The van der Waals surface area contributed by atoms with Crippen LogP contribution in [0.5, 0.6) is 0 Å². The van der Waals surface area contributed by atoms with Crippen molar-refractivity contribution >= 4 is 35.2 Å². The lowest BCUT2D eigenvalue weighted by Crippen LogP contribution is -2.27. The van der Waals surface area contributed by atoms with Crippen molar-refractivity contribution in [1.82, 2.24) is 5.32 Å². The molecule has 6 heteroatoms. The van der Waals surface area contributed by atoms with E-state index in [1.807, 2.05) is 24.3 Å². The standard InChI is InChI=1S/C14H18ClNO3S/c1-19-14(18)7-9-20-10-13(17)16-8-6-11-4-2-3-5-12(11)15/h2-5H,6-10H2,1H3,(H,16,17). The molecule has 0 atom stereocenters. The van der Waals surface area contributed by atoms with Gasteiger partial charge in [-0.1, -0.05) is 29.8 Å². The summed E-state index contributed by atoms with van der Waals surface area (Å²) < 4.78 is 4.52. The SMILES string of the molecule is COC(=O)CCSCC(=O)NCCc1ccccc1Cl. The average molecular weight is 316 g/mol. The number of halogens is 1. The van der Waals surface area contributed by atoms with Gasteiger partial charge in [0.1, 0.15) is 0 Å². The van der Waals surface area contributed by atoms with Crippen molar-refractivity contribution in [3.8, 4) is 0 Å². The number of benzene rings is 1. The molecule has 0 bridgehead atoms. The second-order valence-corrected chi connectivity index (χ2v) is 5.58. The van der Waals surface area contributed by atoms with Crippen molar-refractivity contribution in [3.63, 3.8) is 0 Å². The van der Waals surface area contributed by atoms with Crippen LogP contribution < -0.4 is 5.32 Å². The van der Waals surface area contributed by atoms with Crippen molar-refractivity contribution in [1.29, 1.82) is 0 Å². The number of methoxy groups -OCH3 is 1. The molecule has 1 amide bonds. The summed E-state index contributed by atoms with van der Waals surface area (Å²) in [6, 6.07) is 7.58. The van der Waals surface area contributed by atoms with Gasteiger partial charge in [-0.05, 0) is 18.1 Å². The molecule has 0 aliphatic carbocycles. The van der Waals surface area contributed by atoms with E-state index in [1.165, 1.54) is 18.9 Å². The third-order valence-electron chi connectivity index (χ3n) is 2.59. The minimum Gasteiger partial charge on any atom is -0.469 e. The zero-order valence-electron chi connectivity index (χ0n) is 11.4. The number of rotatable bonds is 8. The van der Waals surface area contributed by atoms with Crippen LogP contribution in [0, 0.1) is 0 Å². The van der Waals surface area contributed by atoms with Gasteiger partial charge in [-0.3, -0.25) is 9.59 Å². The maximum Gasteiger partial charge on any atom is 0.306 e. The lowest BCUT2D eigenvalue weighted by molar-refractivity contribution is -0.140. The molecule has 0 heterocycles. The summed E-state index contributed by atoms with van der Waals surface area (Å²) in [7, 11) is 1.36. The lowest BCUT2D eigenvalue weighted by atomic mass is 10.1. The van der Waals surface area contributed by atoms with Crippen molar-refractivity contribution in [2.75, 3.05) is 25.2 Å². The number of carbonyl (C=O) groups is 2. The summed E-state index contributed by atoms with van der Waals surface area (Å²) in [6.45, 7) is 0.556. The van der Waals surface area contributed by atoms with Crippen LogP contribution in [-0.2, 0) is 20.7 Å². The number of ether oxygens (including phenoxy) is 1. The summed E-state index contributed by atoms with van der Waals surface area (Å²) >= 11 is 7.44. The van der Waals surface area contributed by atoms with Crippen LogP contribution in [0.1, 0.15) is 12.0 Å². The summed E-state index contributed by atoms with van der Waals surface area (Å²) in [5.74, 6) is 0.646. The van der Waals surface area contributed by atoms with Crippen molar-refractivity contribution in [3.05, 3.63) is 34.9 Å². The van der Waals surface area contributed by atoms with E-state index in [4.69, 9.17) is 11.6 Å². The first kappa shape index (κ1) is 16.9. The molecule has 4 nitrogen and oxygen atoms in total. The van der Waals surface area contributed by atoms with E-state index in [-0.39, 0.29) is 11.9 Å². The molecule has 0 aliphatic rings. The Bertz CT molecular complexity index is 454. The Morgan fingerprint density at radius 2 is 2.10 bits per heavy atom. The van der Waals surface area contributed by atoms with E-state index in [0.29, 0.717) is 35.9 Å². The number of thioether (sulfide) groups is 1. The largest absolute Gasteiger partial charge is 0.469 e. The van der Waals surface area contributed by atoms with Gasteiger partial charge in [0.25, 0.3) is 0 Å². The van der Waals surface area contributed by atoms with Crippen molar-refractivity contribution < 1.29 is 14.3 Å². The van der Waals surface area contributed by atoms with E-state index in [0.717, 1.165) is 5.56 Å². The Labute approximate surface area is 128 Å². The highest BCUT2D eigenvalue weighted by Gasteiger charge is 2.04. The third kappa shape index (κ3) is 6.82. The summed E-state index contributed by atoms with van der Waals surface area (Å²) in [6.07, 6.45) is 1.03. The molecule has 1 rings (SSSR count). The van der Waals surface area contributed by atoms with E-state index >= 15 is 0 Å². The van der Waals surface area contributed by atoms with Gasteiger partial charge in [0.05, 0.1) is 19.3 Å². The van der Waals surface area contributed by atoms with Crippen LogP contribution in [0.2, 0.25) is 5.02 Å². The molecule has 0 spiro atoms. The predicted molar refractivity (Wildman–Crippen MR) is 82.1 cm³/mol. The van der Waals surface area contributed by atoms with Gasteiger partial charge in [0.15, 0.2) is 0 Å². The number of esters is 1. The van der Waals surface area contributed by atoms with Crippen LogP contribution >= 0.6 is 23.4 Å². The van der Waals surface area contributed by atoms with E-state index < -0.39 is 0 Å². The first-order chi connectivity index (χ1) is 9.63. The zero-order valence-corrected chi connectivity index (χ0v) is 12.9. The lowest BCUT2D eigenvalue weighted by Gasteiger charge is -2.06. The van der Waals surface area contributed by atoms with Gasteiger partial charge in [-0.2, -0.15) is 11.8 Å². The molecule has 20 heavy (non-hydrogen) atoms. The maximum atomic E-state index is 11.6. The molecule has 1 aromatic rings. The maximum absolute atomic E-state index is 11.6. The van der Waals surface area contributed by atoms with E-state index in [1.54, 1.807) is 0 Å². The molecule has 0 aliphatic heterocycles. The van der Waals surface area contributed by atoms with Gasteiger partial charge >= 0.3 is 5.97 Å². The Kier molecular flexibility index (Phi) is 8.14. The first-order valence-corrected chi connectivity index (χ1v) is 7.81. The predicted octanol–water partition coefficient (Wildman–Crippen LogP) is 2.29. The zero-order chi connectivity index (χ0) is 14.8. The average Bonchev–Trinajstić information content (AvgIpc) is 2.45. The fourth-order valence-electron chi connectivity index (χ4n) is 1.51. The monoisotopic (exact) mass is 315 g/mol. The van der Waals surface area contributed by atoms with E-state index in [2.05, 4.69) is 10.1 Å². The summed E-state index contributed by atoms with van der Waals surface area (Å²) in [5.41, 5.74) is 1.02. The highest BCUT2D eigenvalue weighted by molar-refractivity contribution is 7.99. The first-order valence-electron chi connectivity index (χ1n) is 6.28. The minimum absolute atomic E-state index is 0.0353. The second-order valence-electron chi connectivity index (χ2n) is 4.07. The smallest absolute Gasteiger partial charge is 0.306 e. The van der Waals surface area contributed by atoms with Gasteiger partial charge in [0.2, 0.25) is 5.91 Å². The van der Waals surface area contributed by atoms with Gasteiger partial charge < -0.3 is 10.1 Å². The Hall–Kier alpha value is -1.20. The number of amides is 1. The number of nitrogens with one attached hydrogen (secondary N) is 1. The van der Waals surface area contributed by atoms with E-state index in [9.17, 15) is 9.59 Å². The quantitative estimate of drug-likeness (QED) is 0.591. The highest BCUT2D eigenvalue weighted by Crippen LogP contribution is 2.14. The molecule has 0 aromatic heterocycles. The number of carbonyl (C=O) groups excluding carboxylic acids is 2. The molecule has 110 valence electrons. The van der Waals surface area contributed by atoms with Crippen LogP contribution in [-0.4, -0.2) is 37.0 Å². The molecular weight excluding hydrogens is 298 g/mol. The van der Waals surface area contributed by atoms with Crippen LogP contribution in [0.3, 0.4) is 0 Å². The second kappa shape index (κ2) is 9.66. The van der Waals surface area contributed by atoms with Gasteiger partial charge in [0, 0.05) is 17.3 Å². The number of hydrogen-bond donors (Lipinski definition) is 1. The minimum atomic E-state index is -0.253. The fraction of sp³-hybridized carbons (Fsp3) is 0.429. The van der Waals surface area contributed by atoms with Crippen LogP contribution in [0.25, 0.3) is 0 Å². The molecule has 0 saturated carbocycles. The summed E-state index contributed by atoms with van der Waals surface area (Å²) in [5, 5.41) is 3.54. The molecular formula is C14H18ClNO3S. The highest BCUT2D eigenvalue weighted by atomic mass is 35.5. The normalized spacial score (nSPS) is 10.1. The van der Waals surface area contributed by atoms with Gasteiger partial charge in [-0.15, -0.1) is 0 Å². The summed E-state index contributed by atoms with van der Waals surface area (Å²) in [4.78, 5) is 22.4. The molecule has 1 aromatic carbocycles. The third-order valence-corrected chi connectivity index (χ3v) is 3.91.